The van der Waals surface area contributed by atoms with Gasteiger partial charge in [-0.15, -0.1) is 0 Å². The lowest BCUT2D eigenvalue weighted by Crippen LogP contribution is -2.10. The van der Waals surface area contributed by atoms with E-state index >= 15 is 0 Å². The van der Waals surface area contributed by atoms with Gasteiger partial charge in [-0.05, 0) is 49.4 Å². The predicted octanol–water partition coefficient (Wildman–Crippen LogP) is 6.52. The number of nitrogen functional groups attached to an aromatic ring is 2. The number of fused-ring (bicyclic) bond motifs is 4. The van der Waals surface area contributed by atoms with Crippen LogP contribution >= 0.6 is 0 Å². The molecule has 0 aliphatic carbocycles. The third kappa shape index (κ3) is 5.12. The topological polar surface area (TPSA) is 205 Å². The molecule has 6 heterocycles. The number of furan rings is 2. The average Bonchev–Trinajstić information content (AvgIpc) is 3.98. The Morgan fingerprint density at radius 1 is 0.604 bits per heavy atom. The molecule has 10 aromatic rings. The van der Waals surface area contributed by atoms with Gasteiger partial charge >= 0.3 is 0 Å². The van der Waals surface area contributed by atoms with E-state index in [0.717, 1.165) is 38.9 Å². The number of rotatable bonds is 4. The summed E-state index contributed by atoms with van der Waals surface area (Å²) in [7, 11) is 0. The van der Waals surface area contributed by atoms with Crippen molar-refractivity contribution < 1.29 is 8.83 Å². The van der Waals surface area contributed by atoms with Crippen LogP contribution in [0.15, 0.2) is 134 Å². The van der Waals surface area contributed by atoms with Crippen molar-refractivity contribution in [1.29, 1.82) is 0 Å². The maximum atomic E-state index is 12.3. The molecule has 6 N–H and O–H groups in total. The van der Waals surface area contributed by atoms with Gasteiger partial charge in [0.25, 0.3) is 11.1 Å². The average molecular weight is 701 g/mol. The van der Waals surface area contributed by atoms with Crippen molar-refractivity contribution in [2.45, 2.75) is 6.92 Å². The minimum Gasteiger partial charge on any atom is -0.454 e. The SMILES string of the molecule is Cc1c(-c2c3c(N)n[nH]c(=O)c3nn2-c2ccccc2)oc2ccccc12.Nc1n[nH]c(=O)c2nn(-c3ccccc3)c(-c3cc4ccccc4o3)c12. The second-order valence-electron chi connectivity index (χ2n) is 12.2. The molecule has 0 fully saturated rings. The van der Waals surface area contributed by atoms with Gasteiger partial charge in [0, 0.05) is 16.3 Å². The van der Waals surface area contributed by atoms with Gasteiger partial charge in [-0.3, -0.25) is 9.59 Å². The zero-order valence-corrected chi connectivity index (χ0v) is 27.9. The standard InChI is InChI=1S/C20H15N5O2.C19H13N5O2/c1-11-13-9-5-6-10-14(13)27-18(11)17-15-16(20(26)23-22-19(15)21)24-25(17)12-7-3-2-4-8-12;20-18-15-16(19(25)22-21-18)23-24(12-7-2-1-3-8-12)17(15)14-10-11-6-4-5-9-13(11)26-14/h2-10H,1H3,(H2,21,22)(H,23,26);1-10H,(H2,20,21)(H,22,25). The van der Waals surface area contributed by atoms with Crippen molar-refractivity contribution >= 4 is 55.4 Å². The molecule has 0 aliphatic rings. The number of hydrogen-bond acceptors (Lipinski definition) is 10. The van der Waals surface area contributed by atoms with Crippen molar-refractivity contribution in [2.75, 3.05) is 11.5 Å². The van der Waals surface area contributed by atoms with E-state index in [9.17, 15) is 9.59 Å². The number of nitrogens with two attached hydrogens (primary N) is 2. The number of aromatic nitrogens is 8. The number of aryl methyl sites for hydroxylation is 1. The number of benzene rings is 4. The van der Waals surface area contributed by atoms with Gasteiger partial charge in [-0.1, -0.05) is 72.8 Å². The predicted molar refractivity (Wildman–Crippen MR) is 203 cm³/mol. The lowest BCUT2D eigenvalue weighted by Gasteiger charge is -2.07. The Kier molecular flexibility index (Phi) is 7.22. The molecule has 0 saturated heterocycles. The first kappa shape index (κ1) is 31.3. The van der Waals surface area contributed by atoms with Crippen LogP contribution in [0.1, 0.15) is 5.56 Å². The van der Waals surface area contributed by atoms with Crippen LogP contribution in [0, 0.1) is 6.92 Å². The van der Waals surface area contributed by atoms with E-state index in [1.165, 1.54) is 0 Å². The summed E-state index contributed by atoms with van der Waals surface area (Å²) < 4.78 is 15.5. The summed E-state index contributed by atoms with van der Waals surface area (Å²) >= 11 is 0. The number of nitrogens with zero attached hydrogens (tertiary/aromatic N) is 6. The van der Waals surface area contributed by atoms with Gasteiger partial charge in [-0.2, -0.15) is 20.4 Å². The molecule has 14 heteroatoms. The largest absolute Gasteiger partial charge is 0.454 e. The van der Waals surface area contributed by atoms with E-state index in [2.05, 4.69) is 30.6 Å². The van der Waals surface area contributed by atoms with Crippen molar-refractivity contribution in [3.63, 3.8) is 0 Å². The Hall–Kier alpha value is -7.74. The molecule has 0 bridgehead atoms. The summed E-state index contributed by atoms with van der Waals surface area (Å²) in [6.07, 6.45) is 0. The van der Waals surface area contributed by atoms with E-state index in [1.54, 1.807) is 9.36 Å². The maximum Gasteiger partial charge on any atom is 0.292 e. The van der Waals surface area contributed by atoms with E-state index in [0.29, 0.717) is 33.7 Å². The monoisotopic (exact) mass is 700 g/mol. The highest BCUT2D eigenvalue weighted by molar-refractivity contribution is 6.02. The molecular weight excluding hydrogens is 672 g/mol. The third-order valence-corrected chi connectivity index (χ3v) is 8.99. The first-order valence-corrected chi connectivity index (χ1v) is 16.5. The fourth-order valence-electron chi connectivity index (χ4n) is 6.53. The molecule has 6 aromatic heterocycles. The van der Waals surface area contributed by atoms with E-state index in [1.807, 2.05) is 122 Å². The normalized spacial score (nSPS) is 11.4. The molecule has 14 nitrogen and oxygen atoms in total. The number of para-hydroxylation sites is 4. The van der Waals surface area contributed by atoms with E-state index in [4.69, 9.17) is 20.3 Å². The Balaban J connectivity index is 0.000000141. The molecule has 10 rings (SSSR count). The van der Waals surface area contributed by atoms with Crippen LogP contribution in [0.3, 0.4) is 0 Å². The third-order valence-electron chi connectivity index (χ3n) is 8.99. The van der Waals surface area contributed by atoms with E-state index in [-0.39, 0.29) is 22.7 Å². The summed E-state index contributed by atoms with van der Waals surface area (Å²) in [5.41, 5.74) is 17.1. The molecule has 4 aromatic carbocycles. The zero-order chi connectivity index (χ0) is 36.2. The summed E-state index contributed by atoms with van der Waals surface area (Å²) in [4.78, 5) is 24.6. The Labute approximate surface area is 297 Å². The van der Waals surface area contributed by atoms with Crippen molar-refractivity contribution in [2.24, 2.45) is 0 Å². The molecule has 0 spiro atoms. The van der Waals surface area contributed by atoms with Crippen LogP contribution in [-0.2, 0) is 0 Å². The zero-order valence-electron chi connectivity index (χ0n) is 27.9. The van der Waals surface area contributed by atoms with Crippen LogP contribution < -0.4 is 22.6 Å². The summed E-state index contributed by atoms with van der Waals surface area (Å²) in [5.74, 6) is 1.57. The highest BCUT2D eigenvalue weighted by Crippen LogP contribution is 2.39. The fraction of sp³-hybridized carbons (Fsp3) is 0.0256. The quantitative estimate of drug-likeness (QED) is 0.156. The van der Waals surface area contributed by atoms with Crippen LogP contribution in [0.5, 0.6) is 0 Å². The lowest BCUT2D eigenvalue weighted by molar-refractivity contribution is 0.622. The summed E-state index contributed by atoms with van der Waals surface area (Å²) in [6, 6.07) is 36.4. The second kappa shape index (κ2) is 12.2. The smallest absolute Gasteiger partial charge is 0.292 e. The highest BCUT2D eigenvalue weighted by atomic mass is 16.3. The first-order valence-electron chi connectivity index (χ1n) is 16.5. The lowest BCUT2D eigenvalue weighted by atomic mass is 10.1. The molecule has 0 unspecified atom stereocenters. The van der Waals surface area contributed by atoms with Gasteiger partial charge in [0.2, 0.25) is 0 Å². The minimum absolute atomic E-state index is 0.192. The van der Waals surface area contributed by atoms with Crippen molar-refractivity contribution in [3.8, 4) is 34.3 Å². The van der Waals surface area contributed by atoms with Gasteiger partial charge in [0.15, 0.2) is 34.2 Å². The van der Waals surface area contributed by atoms with Crippen LogP contribution in [0.2, 0.25) is 0 Å². The van der Waals surface area contributed by atoms with Crippen LogP contribution in [-0.4, -0.2) is 40.0 Å². The fourth-order valence-corrected chi connectivity index (χ4v) is 6.53. The Morgan fingerprint density at radius 2 is 1.11 bits per heavy atom. The van der Waals surface area contributed by atoms with Gasteiger partial charge < -0.3 is 20.3 Å². The molecule has 0 radical (unpaired) electrons. The van der Waals surface area contributed by atoms with Crippen LogP contribution in [0.25, 0.3) is 78.0 Å². The van der Waals surface area contributed by atoms with E-state index < -0.39 is 11.1 Å². The number of anilines is 2. The number of aromatic amines is 2. The molecule has 0 aliphatic heterocycles. The number of H-pyrrole nitrogens is 2. The summed E-state index contributed by atoms with van der Waals surface area (Å²) in [6.45, 7) is 1.98. The Morgan fingerprint density at radius 3 is 1.70 bits per heavy atom. The first-order chi connectivity index (χ1) is 25.9. The maximum absolute atomic E-state index is 12.3. The van der Waals surface area contributed by atoms with Gasteiger partial charge in [-0.25, -0.2) is 19.6 Å². The molecule has 53 heavy (non-hydrogen) atoms. The number of nitrogens with one attached hydrogen (secondary N) is 2. The highest BCUT2D eigenvalue weighted by Gasteiger charge is 2.26. The molecule has 0 amide bonds. The van der Waals surface area contributed by atoms with Crippen molar-refractivity contribution in [3.05, 3.63) is 142 Å². The van der Waals surface area contributed by atoms with Gasteiger partial charge in [0.1, 0.15) is 22.6 Å². The number of hydrogen-bond donors (Lipinski definition) is 4. The molecule has 258 valence electrons. The second-order valence-corrected chi connectivity index (χ2v) is 12.2. The van der Waals surface area contributed by atoms with Crippen LogP contribution in [0.4, 0.5) is 11.6 Å². The van der Waals surface area contributed by atoms with Crippen molar-refractivity contribution in [1.82, 2.24) is 40.0 Å². The summed E-state index contributed by atoms with van der Waals surface area (Å²) in [5, 5.41) is 24.5. The molecule has 0 saturated carbocycles. The molecule has 0 atom stereocenters. The molecular formula is C39H28N10O4. The Bertz CT molecular complexity index is 3060. The van der Waals surface area contributed by atoms with Gasteiger partial charge in [0.05, 0.1) is 22.1 Å². The minimum atomic E-state index is -0.402.